The lowest BCUT2D eigenvalue weighted by atomic mass is 10.1. The van der Waals surface area contributed by atoms with Crippen molar-refractivity contribution in [2.75, 3.05) is 13.7 Å². The monoisotopic (exact) mass is 329 g/mol. The highest BCUT2D eigenvalue weighted by molar-refractivity contribution is 7.89. The molecule has 1 rings (SSSR count). The zero-order chi connectivity index (χ0) is 16.9. The van der Waals surface area contributed by atoms with E-state index in [0.717, 1.165) is 6.07 Å². The van der Waals surface area contributed by atoms with E-state index in [4.69, 9.17) is 5.14 Å². The number of esters is 1. The summed E-state index contributed by atoms with van der Waals surface area (Å²) < 4.78 is 27.4. The number of hydrogen-bond acceptors (Lipinski definition) is 6. The largest absolute Gasteiger partial charge is 0.452 e. The number of sulfonamides is 1. The number of imide groups is 1. The minimum atomic E-state index is -3.98. The molecule has 3 amide bonds. The molecule has 120 valence electrons. The van der Waals surface area contributed by atoms with Gasteiger partial charge in [0.25, 0.3) is 5.91 Å². The molecular weight excluding hydrogens is 314 g/mol. The van der Waals surface area contributed by atoms with E-state index in [2.05, 4.69) is 10.1 Å². The number of hydrogen-bond donors (Lipinski definition) is 3. The number of benzene rings is 1. The molecule has 0 aliphatic rings. The van der Waals surface area contributed by atoms with Crippen LogP contribution in [0.15, 0.2) is 23.1 Å². The first-order valence-corrected chi connectivity index (χ1v) is 7.52. The molecule has 0 aliphatic heterocycles. The summed E-state index contributed by atoms with van der Waals surface area (Å²) in [5, 5.41) is 9.08. The first-order valence-electron chi connectivity index (χ1n) is 5.97. The molecule has 0 saturated carbocycles. The molecule has 0 heterocycles. The van der Waals surface area contributed by atoms with Crippen LogP contribution < -0.4 is 15.8 Å². The van der Waals surface area contributed by atoms with Crippen molar-refractivity contribution in [1.29, 1.82) is 0 Å². The van der Waals surface area contributed by atoms with Crippen LogP contribution in [0.1, 0.15) is 15.9 Å². The van der Waals surface area contributed by atoms with E-state index in [1.807, 2.05) is 5.32 Å². The van der Waals surface area contributed by atoms with Crippen molar-refractivity contribution in [3.63, 3.8) is 0 Å². The van der Waals surface area contributed by atoms with E-state index in [-0.39, 0.29) is 10.5 Å². The van der Waals surface area contributed by atoms with Crippen LogP contribution in [-0.2, 0) is 19.6 Å². The summed E-state index contributed by atoms with van der Waals surface area (Å²) in [6.07, 6.45) is 0. The average Bonchev–Trinajstić information content (AvgIpc) is 2.43. The van der Waals surface area contributed by atoms with Crippen LogP contribution in [0.4, 0.5) is 4.79 Å². The van der Waals surface area contributed by atoms with Gasteiger partial charge in [-0.2, -0.15) is 0 Å². The van der Waals surface area contributed by atoms with Gasteiger partial charge >= 0.3 is 12.0 Å². The smallest absolute Gasteiger partial charge is 0.338 e. The van der Waals surface area contributed by atoms with Crippen LogP contribution in [0, 0.1) is 6.92 Å². The molecule has 0 radical (unpaired) electrons. The summed E-state index contributed by atoms with van der Waals surface area (Å²) in [4.78, 5) is 33.7. The molecule has 0 fully saturated rings. The number of amides is 3. The number of aryl methyl sites for hydroxylation is 1. The van der Waals surface area contributed by atoms with Crippen molar-refractivity contribution in [2.24, 2.45) is 5.14 Å². The van der Waals surface area contributed by atoms with Crippen molar-refractivity contribution in [1.82, 2.24) is 10.6 Å². The van der Waals surface area contributed by atoms with Crippen LogP contribution in [-0.4, -0.2) is 40.0 Å². The number of rotatable bonds is 4. The maximum absolute atomic E-state index is 11.8. The highest BCUT2D eigenvalue weighted by Gasteiger charge is 2.17. The Morgan fingerprint density at radius 2 is 1.91 bits per heavy atom. The molecule has 1 aromatic carbocycles. The van der Waals surface area contributed by atoms with Crippen LogP contribution in [0.2, 0.25) is 0 Å². The zero-order valence-corrected chi connectivity index (χ0v) is 12.7. The van der Waals surface area contributed by atoms with Gasteiger partial charge in [-0.25, -0.2) is 23.1 Å². The zero-order valence-electron chi connectivity index (χ0n) is 11.9. The summed E-state index contributed by atoms with van der Waals surface area (Å²) in [6.45, 7) is 0.830. The molecule has 10 heteroatoms. The van der Waals surface area contributed by atoms with E-state index in [0.29, 0.717) is 5.56 Å². The van der Waals surface area contributed by atoms with Crippen molar-refractivity contribution in [3.8, 4) is 0 Å². The third-order valence-corrected chi connectivity index (χ3v) is 3.60. The Labute approximate surface area is 126 Å². The maximum atomic E-state index is 11.8. The highest BCUT2D eigenvalue weighted by Crippen LogP contribution is 2.16. The Morgan fingerprint density at radius 1 is 1.27 bits per heavy atom. The molecule has 1 aromatic rings. The van der Waals surface area contributed by atoms with Gasteiger partial charge in [0.05, 0.1) is 10.5 Å². The summed E-state index contributed by atoms with van der Waals surface area (Å²) in [5.41, 5.74) is 0.291. The first-order chi connectivity index (χ1) is 10.1. The van der Waals surface area contributed by atoms with Gasteiger partial charge < -0.3 is 10.1 Å². The Hall–Kier alpha value is -2.46. The van der Waals surface area contributed by atoms with Gasteiger partial charge in [0.2, 0.25) is 10.0 Å². The lowest BCUT2D eigenvalue weighted by Crippen LogP contribution is -2.39. The van der Waals surface area contributed by atoms with Crippen LogP contribution in [0.3, 0.4) is 0 Å². The standard InChI is InChI=1S/C12H15N3O6S/c1-7-3-4-8(5-9(7)22(13,19)20)11(17)21-6-10(16)15-12(18)14-2/h3-5H,6H2,1-2H3,(H2,13,19,20)(H2,14,15,16,18). The fourth-order valence-corrected chi connectivity index (χ4v) is 2.28. The molecule has 0 aliphatic carbocycles. The molecule has 22 heavy (non-hydrogen) atoms. The van der Waals surface area contributed by atoms with Gasteiger partial charge in [0.15, 0.2) is 6.61 Å². The molecular formula is C12H15N3O6S. The number of primary sulfonamides is 1. The highest BCUT2D eigenvalue weighted by atomic mass is 32.2. The number of carbonyl (C=O) groups is 3. The van der Waals surface area contributed by atoms with Crippen molar-refractivity contribution >= 4 is 27.9 Å². The molecule has 0 spiro atoms. The number of ether oxygens (including phenoxy) is 1. The molecule has 9 nitrogen and oxygen atoms in total. The van der Waals surface area contributed by atoms with Crippen LogP contribution in [0.25, 0.3) is 0 Å². The normalized spacial score (nSPS) is 10.7. The van der Waals surface area contributed by atoms with E-state index in [9.17, 15) is 22.8 Å². The maximum Gasteiger partial charge on any atom is 0.338 e. The van der Waals surface area contributed by atoms with E-state index in [1.54, 1.807) is 0 Å². The predicted octanol–water partition coefficient (Wildman–Crippen LogP) is -0.745. The lowest BCUT2D eigenvalue weighted by Gasteiger charge is -2.08. The minimum Gasteiger partial charge on any atom is -0.452 e. The SMILES string of the molecule is CNC(=O)NC(=O)COC(=O)c1ccc(C)c(S(N)(=O)=O)c1. The number of nitrogens with one attached hydrogen (secondary N) is 2. The molecule has 0 bridgehead atoms. The number of urea groups is 1. The van der Waals surface area contributed by atoms with E-state index >= 15 is 0 Å². The van der Waals surface area contributed by atoms with Crippen LogP contribution >= 0.6 is 0 Å². The predicted molar refractivity (Wildman–Crippen MR) is 75.4 cm³/mol. The van der Waals surface area contributed by atoms with Gasteiger partial charge in [-0.05, 0) is 24.6 Å². The van der Waals surface area contributed by atoms with Crippen molar-refractivity contribution in [2.45, 2.75) is 11.8 Å². The summed E-state index contributed by atoms with van der Waals surface area (Å²) in [7, 11) is -2.66. The van der Waals surface area contributed by atoms with E-state index < -0.39 is 34.5 Å². The molecule has 0 atom stereocenters. The Bertz CT molecular complexity index is 714. The summed E-state index contributed by atoms with van der Waals surface area (Å²) in [5.74, 6) is -1.75. The van der Waals surface area contributed by atoms with Gasteiger partial charge in [-0.15, -0.1) is 0 Å². The first kappa shape index (κ1) is 17.6. The molecule has 4 N–H and O–H groups in total. The average molecular weight is 329 g/mol. The Kier molecular flexibility index (Phi) is 5.60. The number of nitrogens with two attached hydrogens (primary N) is 1. The minimum absolute atomic E-state index is 0.0811. The molecule has 0 aromatic heterocycles. The molecule has 0 unspecified atom stereocenters. The second kappa shape index (κ2) is 7.00. The third kappa shape index (κ3) is 4.82. The second-order valence-electron chi connectivity index (χ2n) is 4.23. The van der Waals surface area contributed by atoms with E-state index in [1.165, 1.54) is 26.1 Å². The summed E-state index contributed by atoms with van der Waals surface area (Å²) in [6, 6.07) is 3.04. The Balaban J connectivity index is 2.79. The van der Waals surface area contributed by atoms with Crippen molar-refractivity contribution in [3.05, 3.63) is 29.3 Å². The molecule has 0 saturated heterocycles. The summed E-state index contributed by atoms with van der Waals surface area (Å²) >= 11 is 0. The van der Waals surface area contributed by atoms with Crippen molar-refractivity contribution < 1.29 is 27.5 Å². The fourth-order valence-electron chi connectivity index (χ4n) is 1.47. The van der Waals surface area contributed by atoms with Gasteiger partial charge in [0, 0.05) is 7.05 Å². The number of carbonyl (C=O) groups excluding carboxylic acids is 3. The van der Waals surface area contributed by atoms with Crippen LogP contribution in [0.5, 0.6) is 0 Å². The topological polar surface area (TPSA) is 145 Å². The Morgan fingerprint density at radius 3 is 2.45 bits per heavy atom. The fraction of sp³-hybridized carbons (Fsp3) is 0.250. The second-order valence-corrected chi connectivity index (χ2v) is 5.76. The third-order valence-electron chi connectivity index (χ3n) is 2.54. The quantitative estimate of drug-likeness (QED) is 0.620. The van der Waals surface area contributed by atoms with Gasteiger partial charge in [-0.3, -0.25) is 10.1 Å². The lowest BCUT2D eigenvalue weighted by molar-refractivity contribution is -0.123. The van der Waals surface area contributed by atoms with Gasteiger partial charge in [-0.1, -0.05) is 6.07 Å². The van der Waals surface area contributed by atoms with Gasteiger partial charge in [0.1, 0.15) is 0 Å².